The fourth-order valence-electron chi connectivity index (χ4n) is 1.84. The molecule has 7 heteroatoms. The minimum atomic E-state index is -4.70. The Kier molecular flexibility index (Phi) is 4.30. The topological polar surface area (TPSA) is 44.1 Å². The largest absolute Gasteiger partial charge is 0.462 e. The zero-order valence-corrected chi connectivity index (χ0v) is 11.2. The summed E-state index contributed by atoms with van der Waals surface area (Å²) in [5.74, 6) is -1.02. The number of esters is 1. The minimum absolute atomic E-state index is 0.00000422. The molecule has 0 aliphatic heterocycles. The van der Waals surface area contributed by atoms with Gasteiger partial charge in [-0.3, -0.25) is 4.68 Å². The Balaban J connectivity index is 2.34. The van der Waals surface area contributed by atoms with Crippen LogP contribution in [-0.4, -0.2) is 22.4 Å². The number of carbonyl (C=O) groups excluding carboxylic acids is 1. The minimum Gasteiger partial charge on any atom is -0.462 e. The zero-order valence-electron chi connectivity index (χ0n) is 11.2. The number of benzene rings is 1. The van der Waals surface area contributed by atoms with Gasteiger partial charge in [0.1, 0.15) is 5.56 Å². The monoisotopic (exact) mass is 298 g/mol. The lowest BCUT2D eigenvalue weighted by atomic mass is 10.2. The summed E-state index contributed by atoms with van der Waals surface area (Å²) in [6, 6.07) is 8.88. The molecule has 1 aromatic carbocycles. The maximum absolute atomic E-state index is 12.9. The van der Waals surface area contributed by atoms with Crippen molar-refractivity contribution in [2.24, 2.45) is 0 Å². The molecule has 0 amide bonds. The van der Waals surface area contributed by atoms with Crippen LogP contribution in [0.25, 0.3) is 0 Å². The number of ether oxygens (including phenoxy) is 1. The Morgan fingerprint density at radius 1 is 1.29 bits per heavy atom. The van der Waals surface area contributed by atoms with Gasteiger partial charge in [0.2, 0.25) is 0 Å². The van der Waals surface area contributed by atoms with E-state index in [9.17, 15) is 18.0 Å². The van der Waals surface area contributed by atoms with Crippen LogP contribution in [0.1, 0.15) is 28.5 Å². The summed E-state index contributed by atoms with van der Waals surface area (Å²) in [6.07, 6.45) is -3.64. The highest BCUT2D eigenvalue weighted by molar-refractivity contribution is 5.90. The number of aromatic nitrogens is 2. The average molecular weight is 298 g/mol. The van der Waals surface area contributed by atoms with E-state index in [4.69, 9.17) is 0 Å². The fraction of sp³-hybridized carbons (Fsp3) is 0.286. The average Bonchev–Trinajstić information content (AvgIpc) is 2.84. The van der Waals surface area contributed by atoms with Gasteiger partial charge in [0, 0.05) is 6.20 Å². The van der Waals surface area contributed by atoms with Gasteiger partial charge in [-0.15, -0.1) is 0 Å². The first-order valence-corrected chi connectivity index (χ1v) is 6.27. The van der Waals surface area contributed by atoms with Crippen molar-refractivity contribution in [2.75, 3.05) is 6.61 Å². The lowest BCUT2D eigenvalue weighted by Crippen LogP contribution is -2.14. The molecule has 0 bridgehead atoms. The van der Waals surface area contributed by atoms with E-state index < -0.39 is 23.4 Å². The lowest BCUT2D eigenvalue weighted by Gasteiger charge is -2.05. The van der Waals surface area contributed by atoms with Crippen LogP contribution in [-0.2, 0) is 17.5 Å². The first-order chi connectivity index (χ1) is 9.91. The molecule has 1 heterocycles. The Hall–Kier alpha value is -2.31. The predicted molar refractivity (Wildman–Crippen MR) is 68.7 cm³/mol. The second-order valence-electron chi connectivity index (χ2n) is 4.29. The molecule has 1 aromatic heterocycles. The van der Waals surface area contributed by atoms with Crippen molar-refractivity contribution in [3.8, 4) is 0 Å². The molecule has 0 aliphatic carbocycles. The first-order valence-electron chi connectivity index (χ1n) is 6.27. The second kappa shape index (κ2) is 5.99. The Morgan fingerprint density at radius 2 is 1.95 bits per heavy atom. The molecule has 4 nitrogen and oxygen atoms in total. The third-order valence-corrected chi connectivity index (χ3v) is 2.71. The SMILES string of the molecule is CCOC(=O)c1cn(Cc2ccccc2)nc1C(F)(F)F. The van der Waals surface area contributed by atoms with E-state index in [1.807, 2.05) is 0 Å². The van der Waals surface area contributed by atoms with Gasteiger partial charge in [0.15, 0.2) is 5.69 Å². The molecule has 0 saturated heterocycles. The van der Waals surface area contributed by atoms with Crippen LogP contribution in [0.5, 0.6) is 0 Å². The number of hydrogen-bond acceptors (Lipinski definition) is 3. The molecule has 112 valence electrons. The summed E-state index contributed by atoms with van der Waals surface area (Å²) in [6.45, 7) is 1.67. The van der Waals surface area contributed by atoms with Gasteiger partial charge in [0.25, 0.3) is 0 Å². The van der Waals surface area contributed by atoms with Gasteiger partial charge in [-0.1, -0.05) is 30.3 Å². The van der Waals surface area contributed by atoms with Crippen molar-refractivity contribution in [2.45, 2.75) is 19.6 Å². The second-order valence-corrected chi connectivity index (χ2v) is 4.29. The molecule has 2 rings (SSSR count). The van der Waals surface area contributed by atoms with E-state index in [-0.39, 0.29) is 13.2 Å². The highest BCUT2D eigenvalue weighted by Gasteiger charge is 2.39. The van der Waals surface area contributed by atoms with E-state index >= 15 is 0 Å². The maximum Gasteiger partial charge on any atom is 0.436 e. The van der Waals surface area contributed by atoms with Gasteiger partial charge in [-0.25, -0.2) is 4.79 Å². The molecule has 21 heavy (non-hydrogen) atoms. The van der Waals surface area contributed by atoms with Crippen LogP contribution >= 0.6 is 0 Å². The standard InChI is InChI=1S/C14H13F3N2O2/c1-2-21-13(20)11-9-19(18-12(11)14(15,16)17)8-10-6-4-3-5-7-10/h3-7,9H,2,8H2,1H3. The highest BCUT2D eigenvalue weighted by Crippen LogP contribution is 2.31. The third kappa shape index (κ3) is 3.62. The molecule has 0 N–H and O–H groups in total. The van der Waals surface area contributed by atoms with E-state index in [0.717, 1.165) is 16.4 Å². The van der Waals surface area contributed by atoms with Crippen LogP contribution in [0.4, 0.5) is 13.2 Å². The van der Waals surface area contributed by atoms with Crippen LogP contribution < -0.4 is 0 Å². The van der Waals surface area contributed by atoms with Crippen LogP contribution in [0.15, 0.2) is 36.5 Å². The molecule has 0 spiro atoms. The van der Waals surface area contributed by atoms with Crippen LogP contribution in [0, 0.1) is 0 Å². The van der Waals surface area contributed by atoms with Gasteiger partial charge in [0.05, 0.1) is 13.2 Å². The fourth-order valence-corrected chi connectivity index (χ4v) is 1.84. The number of nitrogens with zero attached hydrogens (tertiary/aromatic N) is 2. The molecule has 0 aliphatic rings. The number of halogens is 3. The summed E-state index contributed by atoms with van der Waals surface area (Å²) in [7, 11) is 0. The van der Waals surface area contributed by atoms with Crippen molar-refractivity contribution in [1.82, 2.24) is 9.78 Å². The molecule has 0 radical (unpaired) electrons. The highest BCUT2D eigenvalue weighted by atomic mass is 19.4. The molecule has 2 aromatic rings. The Morgan fingerprint density at radius 3 is 2.52 bits per heavy atom. The van der Waals surface area contributed by atoms with Gasteiger partial charge < -0.3 is 4.74 Å². The quantitative estimate of drug-likeness (QED) is 0.815. The van der Waals surface area contributed by atoms with Crippen molar-refractivity contribution in [1.29, 1.82) is 0 Å². The number of carbonyl (C=O) groups is 1. The molecule has 0 saturated carbocycles. The normalized spacial score (nSPS) is 11.4. The summed E-state index contributed by atoms with van der Waals surface area (Å²) < 4.78 is 44.5. The van der Waals surface area contributed by atoms with Crippen molar-refractivity contribution >= 4 is 5.97 Å². The summed E-state index contributed by atoms with van der Waals surface area (Å²) in [5.41, 5.74) is -1.01. The van der Waals surface area contributed by atoms with E-state index in [1.54, 1.807) is 30.3 Å². The summed E-state index contributed by atoms with van der Waals surface area (Å²) >= 11 is 0. The number of hydrogen-bond donors (Lipinski definition) is 0. The third-order valence-electron chi connectivity index (χ3n) is 2.71. The van der Waals surface area contributed by atoms with Crippen LogP contribution in [0.2, 0.25) is 0 Å². The molecule has 0 fully saturated rings. The Labute approximate surface area is 119 Å². The molecular weight excluding hydrogens is 285 g/mol. The van der Waals surface area contributed by atoms with Crippen LogP contribution in [0.3, 0.4) is 0 Å². The predicted octanol–water partition coefficient (Wildman–Crippen LogP) is 3.13. The molecule has 0 atom stereocenters. The number of alkyl halides is 3. The van der Waals surface area contributed by atoms with E-state index in [1.165, 1.54) is 6.92 Å². The summed E-state index contributed by atoms with van der Waals surface area (Å²) in [4.78, 5) is 11.6. The Bertz CT molecular complexity index is 621. The van der Waals surface area contributed by atoms with E-state index in [2.05, 4.69) is 9.84 Å². The molecular formula is C14H13F3N2O2. The van der Waals surface area contributed by atoms with Gasteiger partial charge >= 0.3 is 12.1 Å². The smallest absolute Gasteiger partial charge is 0.436 e. The van der Waals surface area contributed by atoms with Gasteiger partial charge in [-0.2, -0.15) is 18.3 Å². The number of rotatable bonds is 4. The van der Waals surface area contributed by atoms with Gasteiger partial charge in [-0.05, 0) is 12.5 Å². The first kappa shape index (κ1) is 15.1. The maximum atomic E-state index is 12.9. The zero-order chi connectivity index (χ0) is 15.5. The summed E-state index contributed by atoms with van der Waals surface area (Å²) in [5, 5.41) is 3.47. The molecule has 0 unspecified atom stereocenters. The lowest BCUT2D eigenvalue weighted by molar-refractivity contribution is -0.142. The van der Waals surface area contributed by atoms with Crippen molar-refractivity contribution in [3.05, 3.63) is 53.3 Å². The van der Waals surface area contributed by atoms with Crippen molar-refractivity contribution in [3.63, 3.8) is 0 Å². The van der Waals surface area contributed by atoms with Crippen molar-refractivity contribution < 1.29 is 22.7 Å². The van der Waals surface area contributed by atoms with E-state index in [0.29, 0.717) is 0 Å².